The van der Waals surface area contributed by atoms with E-state index in [1.807, 2.05) is 13.8 Å². The molecule has 2 nitrogen and oxygen atoms in total. The second kappa shape index (κ2) is 9.89. The molecule has 2 atom stereocenters. The zero-order valence-electron chi connectivity index (χ0n) is 12.7. The van der Waals surface area contributed by atoms with Crippen LogP contribution in [0.15, 0.2) is 12.1 Å². The SMILES string of the molecule is CCC(C)[C@H](c1c(F)cc(Cl)cc1F)N1CCNCC1.Cl.Cl. The maximum Gasteiger partial charge on any atom is 0.132 e. The van der Waals surface area contributed by atoms with E-state index >= 15 is 0 Å². The van der Waals surface area contributed by atoms with Gasteiger partial charge in [0.05, 0.1) is 0 Å². The highest BCUT2D eigenvalue weighted by Crippen LogP contribution is 2.35. The molecular weight excluding hydrogens is 353 g/mol. The highest BCUT2D eigenvalue weighted by Gasteiger charge is 2.31. The quantitative estimate of drug-likeness (QED) is 0.836. The molecule has 0 saturated carbocycles. The van der Waals surface area contributed by atoms with Gasteiger partial charge in [-0.2, -0.15) is 0 Å². The fraction of sp³-hybridized carbons (Fsp3) is 0.600. The van der Waals surface area contributed by atoms with Crippen LogP contribution in [0, 0.1) is 17.6 Å². The highest BCUT2D eigenvalue weighted by molar-refractivity contribution is 6.30. The zero-order valence-corrected chi connectivity index (χ0v) is 15.1. The van der Waals surface area contributed by atoms with Crippen LogP contribution in [-0.4, -0.2) is 31.1 Å². The van der Waals surface area contributed by atoms with E-state index < -0.39 is 11.6 Å². The molecule has 1 unspecified atom stereocenters. The van der Waals surface area contributed by atoms with Crippen LogP contribution in [0.25, 0.3) is 0 Å². The fourth-order valence-electron chi connectivity index (χ4n) is 2.85. The monoisotopic (exact) mass is 374 g/mol. The molecule has 0 aliphatic carbocycles. The van der Waals surface area contributed by atoms with Crippen LogP contribution in [-0.2, 0) is 0 Å². The van der Waals surface area contributed by atoms with Crippen molar-refractivity contribution in [2.24, 2.45) is 5.92 Å². The Kier molecular flexibility index (Phi) is 9.83. The van der Waals surface area contributed by atoms with Crippen molar-refractivity contribution in [1.82, 2.24) is 10.2 Å². The summed E-state index contributed by atoms with van der Waals surface area (Å²) in [5, 5.41) is 3.37. The number of nitrogens with one attached hydrogen (secondary N) is 1. The first-order valence-corrected chi connectivity index (χ1v) is 7.51. The van der Waals surface area contributed by atoms with Gasteiger partial charge < -0.3 is 5.32 Å². The van der Waals surface area contributed by atoms with Gasteiger partial charge in [0.25, 0.3) is 0 Å². The fourth-order valence-corrected chi connectivity index (χ4v) is 3.04. The van der Waals surface area contributed by atoms with E-state index in [1.165, 1.54) is 12.1 Å². The minimum Gasteiger partial charge on any atom is -0.314 e. The molecule has 1 aromatic carbocycles. The summed E-state index contributed by atoms with van der Waals surface area (Å²) in [5.74, 6) is -0.907. The lowest BCUT2D eigenvalue weighted by molar-refractivity contribution is 0.122. The van der Waals surface area contributed by atoms with E-state index in [0.29, 0.717) is 0 Å². The highest BCUT2D eigenvalue weighted by atomic mass is 35.5. The minimum absolute atomic E-state index is 0. The minimum atomic E-state index is -0.543. The lowest BCUT2D eigenvalue weighted by Gasteiger charge is -2.38. The molecule has 22 heavy (non-hydrogen) atoms. The summed E-state index contributed by atoms with van der Waals surface area (Å²) >= 11 is 5.72. The number of piperazine rings is 1. The van der Waals surface area contributed by atoms with Crippen molar-refractivity contribution in [3.05, 3.63) is 34.4 Å². The topological polar surface area (TPSA) is 15.3 Å². The molecule has 0 amide bonds. The van der Waals surface area contributed by atoms with Crippen LogP contribution in [0.5, 0.6) is 0 Å². The number of halogens is 5. The van der Waals surface area contributed by atoms with Crippen molar-refractivity contribution < 1.29 is 8.78 Å². The van der Waals surface area contributed by atoms with Crippen molar-refractivity contribution in [2.75, 3.05) is 26.2 Å². The molecule has 1 N–H and O–H groups in total. The second-order valence-electron chi connectivity index (χ2n) is 5.40. The van der Waals surface area contributed by atoms with E-state index in [1.54, 1.807) is 0 Å². The molecule has 0 radical (unpaired) electrons. The second-order valence-corrected chi connectivity index (χ2v) is 5.84. The molecule has 128 valence electrons. The zero-order chi connectivity index (χ0) is 14.7. The lowest BCUT2D eigenvalue weighted by atomic mass is 9.90. The number of nitrogens with zero attached hydrogens (tertiary/aromatic N) is 1. The van der Waals surface area contributed by atoms with E-state index in [9.17, 15) is 8.78 Å². The Balaban J connectivity index is 0.00000220. The normalized spacial score (nSPS) is 18.0. The summed E-state index contributed by atoms with van der Waals surface area (Å²) in [6.07, 6.45) is 0.871. The smallest absolute Gasteiger partial charge is 0.132 e. The molecule has 0 bridgehead atoms. The van der Waals surface area contributed by atoms with Gasteiger partial charge in [0.15, 0.2) is 0 Å². The molecule has 2 rings (SSSR count). The molecule has 1 fully saturated rings. The van der Waals surface area contributed by atoms with Crippen molar-refractivity contribution in [3.8, 4) is 0 Å². The summed E-state index contributed by atoms with van der Waals surface area (Å²) in [4.78, 5) is 2.17. The summed E-state index contributed by atoms with van der Waals surface area (Å²) in [6, 6.07) is 2.18. The van der Waals surface area contributed by atoms with Crippen LogP contribution >= 0.6 is 36.4 Å². The third kappa shape index (κ3) is 4.93. The summed E-state index contributed by atoms with van der Waals surface area (Å²) < 4.78 is 28.5. The van der Waals surface area contributed by atoms with Gasteiger partial charge in [-0.15, -0.1) is 24.8 Å². The summed E-state index contributed by atoms with van der Waals surface area (Å²) in [7, 11) is 0. The number of hydrogen-bond acceptors (Lipinski definition) is 2. The molecule has 1 aromatic rings. The third-order valence-corrected chi connectivity index (χ3v) is 4.29. The van der Waals surface area contributed by atoms with Gasteiger partial charge in [-0.3, -0.25) is 4.90 Å². The Labute approximate surface area is 148 Å². The largest absolute Gasteiger partial charge is 0.314 e. The molecule has 7 heteroatoms. The third-order valence-electron chi connectivity index (χ3n) is 4.07. The molecule has 1 saturated heterocycles. The van der Waals surface area contributed by atoms with Gasteiger partial charge in [0.2, 0.25) is 0 Å². The first-order valence-electron chi connectivity index (χ1n) is 7.13. The summed E-state index contributed by atoms with van der Waals surface area (Å²) in [6.45, 7) is 7.40. The van der Waals surface area contributed by atoms with Gasteiger partial charge in [0.1, 0.15) is 11.6 Å². The number of rotatable bonds is 4. The number of hydrogen-bond donors (Lipinski definition) is 1. The van der Waals surface area contributed by atoms with Crippen LogP contribution in [0.1, 0.15) is 31.9 Å². The predicted octanol–water partition coefficient (Wildman–Crippen LogP) is 4.45. The Hall–Kier alpha value is -0.130. The standard InChI is InChI=1S/C15H21ClF2N2.2ClH/c1-3-10(2)15(20-6-4-19-5-7-20)14-12(17)8-11(16)9-13(14)18;;/h8-10,15,19H,3-7H2,1-2H3;2*1H/t10?,15-;;/m1../s1. The lowest BCUT2D eigenvalue weighted by Crippen LogP contribution is -2.47. The van der Waals surface area contributed by atoms with E-state index in [2.05, 4.69) is 10.2 Å². The van der Waals surface area contributed by atoms with Crippen LogP contribution in [0.4, 0.5) is 8.78 Å². The molecular formula is C15H23Cl3F2N2. The van der Waals surface area contributed by atoms with Crippen LogP contribution < -0.4 is 5.32 Å². The van der Waals surface area contributed by atoms with Crippen molar-refractivity contribution in [1.29, 1.82) is 0 Å². The van der Waals surface area contributed by atoms with Gasteiger partial charge in [-0.1, -0.05) is 31.9 Å². The average molecular weight is 376 g/mol. The van der Waals surface area contributed by atoms with Crippen LogP contribution in [0.3, 0.4) is 0 Å². The molecule has 1 aliphatic heterocycles. The average Bonchev–Trinajstić information content (AvgIpc) is 2.42. The van der Waals surface area contributed by atoms with Crippen molar-refractivity contribution in [2.45, 2.75) is 26.3 Å². The maximum atomic E-state index is 14.2. The Morgan fingerprint density at radius 3 is 2.14 bits per heavy atom. The Morgan fingerprint density at radius 1 is 1.18 bits per heavy atom. The maximum absolute atomic E-state index is 14.2. The first-order chi connectivity index (χ1) is 9.54. The molecule has 0 spiro atoms. The van der Waals surface area contributed by atoms with Gasteiger partial charge >= 0.3 is 0 Å². The Bertz CT molecular complexity index is 445. The molecule has 1 heterocycles. The Morgan fingerprint density at radius 2 is 1.68 bits per heavy atom. The molecule has 1 aliphatic rings. The number of benzene rings is 1. The van der Waals surface area contributed by atoms with Crippen LogP contribution in [0.2, 0.25) is 5.02 Å². The van der Waals surface area contributed by atoms with Gasteiger partial charge in [-0.05, 0) is 18.1 Å². The van der Waals surface area contributed by atoms with Crippen molar-refractivity contribution >= 4 is 36.4 Å². The van der Waals surface area contributed by atoms with Gasteiger partial charge in [-0.25, -0.2) is 8.78 Å². The summed E-state index contributed by atoms with van der Waals surface area (Å²) in [5.41, 5.74) is 0.158. The molecule has 0 aromatic heterocycles. The van der Waals surface area contributed by atoms with Gasteiger partial charge in [0, 0.05) is 42.8 Å². The first kappa shape index (κ1) is 21.9. The van der Waals surface area contributed by atoms with E-state index in [4.69, 9.17) is 11.6 Å². The van der Waals surface area contributed by atoms with E-state index in [-0.39, 0.29) is 47.4 Å². The van der Waals surface area contributed by atoms with E-state index in [0.717, 1.165) is 32.6 Å². The predicted molar refractivity (Wildman–Crippen MR) is 92.5 cm³/mol. The van der Waals surface area contributed by atoms with Crippen molar-refractivity contribution in [3.63, 3.8) is 0 Å².